The van der Waals surface area contributed by atoms with Gasteiger partial charge in [0.2, 0.25) is 20.0 Å². The van der Waals surface area contributed by atoms with Gasteiger partial charge < -0.3 is 26.8 Å². The lowest BCUT2D eigenvalue weighted by molar-refractivity contribution is 0.414. The zero-order valence-electron chi connectivity index (χ0n) is 23.0. The largest absolute Gasteiger partial charge is 0.508 e. The first-order chi connectivity index (χ1) is 19.3. The highest BCUT2D eigenvalue weighted by Gasteiger charge is 2.30. The van der Waals surface area contributed by atoms with Crippen LogP contribution in [0.5, 0.6) is 11.5 Å². The molecule has 0 unspecified atom stereocenters. The van der Waals surface area contributed by atoms with Crippen LogP contribution in [0.2, 0.25) is 0 Å². The molecule has 0 atom stereocenters. The number of nitrogens with two attached hydrogens (primary N) is 3. The smallest absolute Gasteiger partial charge is 0.243 e. The number of ether oxygens (including phenoxy) is 1. The van der Waals surface area contributed by atoms with Gasteiger partial charge in [-0.2, -0.15) is 13.7 Å². The Bertz CT molecular complexity index is 1500. The number of sulfonamides is 2. The summed E-state index contributed by atoms with van der Waals surface area (Å²) < 4.78 is 61.5. The number of hydrogen-bond donors (Lipinski definition) is 6. The lowest BCUT2D eigenvalue weighted by atomic mass is 10.1. The van der Waals surface area contributed by atoms with Crippen molar-refractivity contribution in [2.45, 2.75) is 23.6 Å². The molecular formula is C25H36N8O6S2. The van der Waals surface area contributed by atoms with Gasteiger partial charge in [-0.15, -0.1) is 0 Å². The molecule has 0 aromatic heterocycles. The minimum Gasteiger partial charge on any atom is -0.508 e. The molecule has 0 bridgehead atoms. The number of methoxy groups -OCH3 is 1. The van der Waals surface area contributed by atoms with E-state index in [0.29, 0.717) is 16.9 Å². The van der Waals surface area contributed by atoms with Crippen LogP contribution in [0, 0.1) is 5.41 Å². The van der Waals surface area contributed by atoms with Gasteiger partial charge in [0, 0.05) is 13.1 Å². The number of nitrogens with zero attached hydrogens (tertiary/aromatic N) is 3. The van der Waals surface area contributed by atoms with E-state index in [-0.39, 0.29) is 53.4 Å². The number of amidine groups is 2. The Hall–Kier alpha value is -3.96. The number of hydrazone groups is 1. The molecule has 2 aromatic rings. The van der Waals surface area contributed by atoms with Crippen molar-refractivity contribution in [3.63, 3.8) is 0 Å². The summed E-state index contributed by atoms with van der Waals surface area (Å²) >= 11 is 0. The van der Waals surface area contributed by atoms with Gasteiger partial charge in [-0.05, 0) is 73.5 Å². The second-order valence-electron chi connectivity index (χ2n) is 8.59. The Balaban J connectivity index is 2.50. The van der Waals surface area contributed by atoms with Gasteiger partial charge in [-0.1, -0.05) is 12.2 Å². The summed E-state index contributed by atoms with van der Waals surface area (Å²) in [5.74, 6) is 10.6. The molecule has 2 rings (SSSR count). The minimum atomic E-state index is -4.17. The fourth-order valence-electron chi connectivity index (χ4n) is 3.70. The number of aromatic hydroxyl groups is 1. The molecular weight excluding hydrogens is 572 g/mol. The summed E-state index contributed by atoms with van der Waals surface area (Å²) in [6, 6.07) is 10.7. The van der Waals surface area contributed by atoms with Crippen LogP contribution in [-0.4, -0.2) is 75.5 Å². The topological polar surface area (TPSA) is 231 Å². The molecule has 224 valence electrons. The molecule has 0 aliphatic carbocycles. The molecule has 0 aliphatic rings. The summed E-state index contributed by atoms with van der Waals surface area (Å²) in [6.07, 6.45) is 3.30. The maximum Gasteiger partial charge on any atom is 0.243 e. The van der Waals surface area contributed by atoms with Crippen molar-refractivity contribution < 1.29 is 26.7 Å². The first-order valence-corrected chi connectivity index (χ1v) is 15.0. The Morgan fingerprint density at radius 3 is 1.73 bits per heavy atom. The van der Waals surface area contributed by atoms with Crippen LogP contribution in [-0.2, 0) is 20.0 Å². The maximum atomic E-state index is 13.6. The number of phenols is 1. The van der Waals surface area contributed by atoms with E-state index in [9.17, 15) is 21.9 Å². The van der Waals surface area contributed by atoms with Crippen LogP contribution < -0.4 is 27.6 Å². The number of hydrogen-bond acceptors (Lipinski definition) is 10. The predicted molar refractivity (Wildman–Crippen MR) is 157 cm³/mol. The molecule has 2 aromatic carbocycles. The van der Waals surface area contributed by atoms with E-state index in [0.717, 1.165) is 8.61 Å². The zero-order valence-corrected chi connectivity index (χ0v) is 24.6. The first kappa shape index (κ1) is 33.2. The third kappa shape index (κ3) is 8.51. The highest BCUT2D eigenvalue weighted by atomic mass is 32.2. The third-order valence-electron chi connectivity index (χ3n) is 5.99. The molecule has 0 spiro atoms. The van der Waals surface area contributed by atoms with Crippen molar-refractivity contribution in [2.75, 3.05) is 33.3 Å². The molecule has 0 radical (unpaired) electrons. The van der Waals surface area contributed by atoms with Crippen molar-refractivity contribution in [3.8, 4) is 11.5 Å². The van der Waals surface area contributed by atoms with Crippen molar-refractivity contribution >= 4 is 31.7 Å². The molecule has 0 amide bonds. The van der Waals surface area contributed by atoms with Gasteiger partial charge in [0.1, 0.15) is 23.2 Å². The van der Waals surface area contributed by atoms with E-state index in [2.05, 4.69) is 10.5 Å². The summed E-state index contributed by atoms with van der Waals surface area (Å²) in [5.41, 5.74) is 8.87. The Labute approximate surface area is 240 Å². The van der Waals surface area contributed by atoms with E-state index < -0.39 is 20.0 Å². The van der Waals surface area contributed by atoms with E-state index in [1.165, 1.54) is 55.6 Å². The van der Waals surface area contributed by atoms with E-state index >= 15 is 0 Å². The second-order valence-corrected chi connectivity index (χ2v) is 12.5. The van der Waals surface area contributed by atoms with Crippen LogP contribution in [0.4, 0.5) is 0 Å². The maximum absolute atomic E-state index is 13.6. The van der Waals surface area contributed by atoms with Crippen LogP contribution in [0.1, 0.15) is 13.8 Å². The molecule has 14 nitrogen and oxygen atoms in total. The lowest BCUT2D eigenvalue weighted by Gasteiger charge is -2.27. The summed E-state index contributed by atoms with van der Waals surface area (Å²) in [6.45, 7) is 2.17. The van der Waals surface area contributed by atoms with Gasteiger partial charge in [-0.3, -0.25) is 5.41 Å². The highest BCUT2D eigenvalue weighted by molar-refractivity contribution is 7.89. The SMILES string of the molecule is C/C=C(CN(CC(=N)NN)S(=O)(=O)c1ccc(OC)cc1)\C(=C/C)CN(C/C(N)=N/N)S(=O)(=O)c1ccc(O)cc1. The van der Waals surface area contributed by atoms with Gasteiger partial charge in [-0.25, -0.2) is 22.7 Å². The summed E-state index contributed by atoms with van der Waals surface area (Å²) in [7, 11) is -6.85. The molecule has 0 heterocycles. The van der Waals surface area contributed by atoms with Crippen LogP contribution in [0.25, 0.3) is 0 Å². The molecule has 16 heteroatoms. The Morgan fingerprint density at radius 2 is 1.34 bits per heavy atom. The van der Waals surface area contributed by atoms with Crippen molar-refractivity contribution in [3.05, 3.63) is 71.8 Å². The minimum absolute atomic E-state index is 0.0379. The molecule has 0 saturated carbocycles. The summed E-state index contributed by atoms with van der Waals surface area (Å²) in [4.78, 5) is -0.146. The second kappa shape index (κ2) is 14.6. The number of hydrazine groups is 1. The average Bonchev–Trinajstić information content (AvgIpc) is 2.97. The fourth-order valence-corrected chi connectivity index (χ4v) is 6.47. The van der Waals surface area contributed by atoms with Gasteiger partial charge in [0.25, 0.3) is 0 Å². The van der Waals surface area contributed by atoms with Crippen LogP contribution in [0.15, 0.2) is 86.7 Å². The summed E-state index contributed by atoms with van der Waals surface area (Å²) in [5, 5.41) is 21.0. The monoisotopic (exact) mass is 608 g/mol. The lowest BCUT2D eigenvalue weighted by Crippen LogP contribution is -2.44. The third-order valence-corrected chi connectivity index (χ3v) is 9.60. The normalized spacial score (nSPS) is 13.5. The van der Waals surface area contributed by atoms with Crippen LogP contribution >= 0.6 is 0 Å². The molecule has 41 heavy (non-hydrogen) atoms. The van der Waals surface area contributed by atoms with Crippen molar-refractivity contribution in [1.82, 2.24) is 14.0 Å². The number of nitrogens with one attached hydrogen (secondary N) is 2. The van der Waals surface area contributed by atoms with E-state index in [4.69, 9.17) is 27.6 Å². The Kier molecular flexibility index (Phi) is 11.8. The fraction of sp³-hybridized carbons (Fsp3) is 0.280. The van der Waals surface area contributed by atoms with Crippen LogP contribution in [0.3, 0.4) is 0 Å². The van der Waals surface area contributed by atoms with E-state index in [1.807, 2.05) is 0 Å². The van der Waals surface area contributed by atoms with Gasteiger partial charge in [0.05, 0.1) is 30.0 Å². The molecule has 0 fully saturated rings. The Morgan fingerprint density at radius 1 is 0.902 bits per heavy atom. The van der Waals surface area contributed by atoms with Crippen molar-refractivity contribution in [1.29, 1.82) is 5.41 Å². The number of rotatable bonds is 14. The predicted octanol–water partition coefficient (Wildman–Crippen LogP) is 0.646. The standard InChI is InChI=1S/C25H36N8O6S2/c1-4-18(14-32(16-24(26)30-28)40(35,36)22-10-6-20(34)7-11-22)19(5-2)15-33(17-25(27)31-29)41(37,38)23-12-8-21(39-3)9-13-23/h4-13,34H,14-17,28-29H2,1-3H3,(H2,26,30)(H2,27,31)/b18-4-,19-5-. The number of allylic oxidation sites excluding steroid dienone is 2. The van der Waals surface area contributed by atoms with Gasteiger partial charge >= 0.3 is 0 Å². The first-order valence-electron chi connectivity index (χ1n) is 12.1. The molecule has 0 aliphatic heterocycles. The van der Waals surface area contributed by atoms with Gasteiger partial charge in [0.15, 0.2) is 0 Å². The number of benzene rings is 2. The van der Waals surface area contributed by atoms with E-state index in [1.54, 1.807) is 26.0 Å². The van der Waals surface area contributed by atoms with Crippen molar-refractivity contribution in [2.24, 2.45) is 22.5 Å². The zero-order chi connectivity index (χ0) is 30.8. The quantitative estimate of drug-likeness (QED) is 0.0576. The molecule has 9 N–H and O–H groups in total. The average molecular weight is 609 g/mol. The highest BCUT2D eigenvalue weighted by Crippen LogP contribution is 2.25. The molecule has 0 saturated heterocycles. The number of phenolic OH excluding ortho intramolecular Hbond substituents is 1.